The first kappa shape index (κ1) is 31.7. The highest BCUT2D eigenvalue weighted by molar-refractivity contribution is 7.92. The zero-order valence-electron chi connectivity index (χ0n) is 24.8. The molecule has 0 saturated heterocycles. The summed E-state index contributed by atoms with van der Waals surface area (Å²) in [5.74, 6) is -0.483. The fourth-order valence-corrected chi connectivity index (χ4v) is 5.55. The molecule has 4 N–H and O–H groups in total. The minimum Gasteiger partial charge on any atom is -0.354 e. The Bertz CT molecular complexity index is 1550. The number of aryl methyl sites for hydroxylation is 1. The average Bonchev–Trinajstić information content (AvgIpc) is 3.74. The zero-order valence-corrected chi connectivity index (χ0v) is 25.6. The summed E-state index contributed by atoms with van der Waals surface area (Å²) in [6.07, 6.45) is 5.73. The van der Waals surface area contributed by atoms with E-state index >= 15 is 0 Å². The molecule has 1 aliphatic rings. The average molecular weight is 610 g/mol. The maximum Gasteiger partial charge on any atom is 0.264 e. The Hall–Kier alpha value is -4.23. The van der Waals surface area contributed by atoms with E-state index in [4.69, 9.17) is 0 Å². The Labute approximate surface area is 252 Å². The first-order chi connectivity index (χ1) is 20.5. The summed E-state index contributed by atoms with van der Waals surface area (Å²) >= 11 is 0. The van der Waals surface area contributed by atoms with Crippen LogP contribution in [0.25, 0.3) is 0 Å². The molecule has 13 heteroatoms. The van der Waals surface area contributed by atoms with Crippen LogP contribution in [0.2, 0.25) is 0 Å². The Morgan fingerprint density at radius 3 is 2.30 bits per heavy atom. The molecule has 0 spiro atoms. The Morgan fingerprint density at radius 2 is 1.67 bits per heavy atom. The maximum absolute atomic E-state index is 13.4. The van der Waals surface area contributed by atoms with Crippen molar-refractivity contribution in [3.8, 4) is 0 Å². The summed E-state index contributed by atoms with van der Waals surface area (Å²) < 4.78 is 29.4. The van der Waals surface area contributed by atoms with Crippen LogP contribution in [0.3, 0.4) is 0 Å². The molecule has 3 amide bonds. The van der Waals surface area contributed by atoms with Crippen molar-refractivity contribution in [2.45, 2.75) is 43.7 Å². The summed E-state index contributed by atoms with van der Waals surface area (Å²) in [5, 5.41) is 15.8. The normalized spacial score (nSPS) is 14.4. The van der Waals surface area contributed by atoms with E-state index in [1.54, 1.807) is 56.2 Å². The minimum absolute atomic E-state index is 0.0740. The number of anilines is 1. The van der Waals surface area contributed by atoms with E-state index in [0.717, 1.165) is 22.7 Å². The van der Waals surface area contributed by atoms with Gasteiger partial charge >= 0.3 is 0 Å². The minimum atomic E-state index is -3.97. The first-order valence-corrected chi connectivity index (χ1v) is 15.7. The standard InChI is InChI=1S/C30H39N7O5S/c1-20(25-18-34-36(3)19-25)35-30(40)24-14-23(15-26(16-24)37(4)43(41,42)27-8-6-5-7-9-27)29(39)32-13-12-31-21(2)28(38)33-17-22-10-11-22/h5-9,14-16,18-22,31H,10-13,17H2,1-4H3,(H,32,39)(H,33,38)(H,35,40)/t20?,21-/m0/s1. The van der Waals surface area contributed by atoms with E-state index in [1.807, 2.05) is 0 Å². The fourth-order valence-electron chi connectivity index (χ4n) is 4.35. The molecule has 0 bridgehead atoms. The molecule has 1 unspecified atom stereocenters. The van der Waals surface area contributed by atoms with Crippen molar-refractivity contribution >= 4 is 33.4 Å². The summed E-state index contributed by atoms with van der Waals surface area (Å²) in [4.78, 5) is 38.8. The van der Waals surface area contributed by atoms with Gasteiger partial charge in [-0.2, -0.15) is 5.10 Å². The largest absolute Gasteiger partial charge is 0.354 e. The first-order valence-electron chi connectivity index (χ1n) is 14.2. The number of hydrogen-bond acceptors (Lipinski definition) is 7. The summed E-state index contributed by atoms with van der Waals surface area (Å²) in [7, 11) is -0.827. The number of aromatic nitrogens is 2. The van der Waals surface area contributed by atoms with Crippen LogP contribution in [0.1, 0.15) is 59.0 Å². The van der Waals surface area contributed by atoms with Gasteiger partial charge in [-0.05, 0) is 62.9 Å². The van der Waals surface area contributed by atoms with Gasteiger partial charge in [0.25, 0.3) is 21.8 Å². The summed E-state index contributed by atoms with van der Waals surface area (Å²) in [6.45, 7) is 4.79. The number of sulfonamides is 1. The van der Waals surface area contributed by atoms with Crippen LogP contribution in [0.15, 0.2) is 65.8 Å². The molecule has 1 heterocycles. The second-order valence-corrected chi connectivity index (χ2v) is 12.8. The zero-order chi connectivity index (χ0) is 31.1. The van der Waals surface area contributed by atoms with Gasteiger partial charge in [0.15, 0.2) is 0 Å². The van der Waals surface area contributed by atoms with Crippen molar-refractivity contribution in [3.63, 3.8) is 0 Å². The van der Waals surface area contributed by atoms with Crippen LogP contribution >= 0.6 is 0 Å². The third-order valence-electron chi connectivity index (χ3n) is 7.30. The Kier molecular flexibility index (Phi) is 10.2. The van der Waals surface area contributed by atoms with Crippen LogP contribution < -0.4 is 25.6 Å². The van der Waals surface area contributed by atoms with Gasteiger partial charge in [-0.1, -0.05) is 18.2 Å². The molecule has 4 rings (SSSR count). The van der Waals surface area contributed by atoms with E-state index in [-0.39, 0.29) is 40.2 Å². The van der Waals surface area contributed by atoms with Gasteiger partial charge < -0.3 is 21.3 Å². The lowest BCUT2D eigenvalue weighted by atomic mass is 10.1. The highest BCUT2D eigenvalue weighted by atomic mass is 32.2. The van der Waals surface area contributed by atoms with E-state index in [0.29, 0.717) is 19.0 Å². The smallest absolute Gasteiger partial charge is 0.264 e. The third kappa shape index (κ3) is 8.42. The van der Waals surface area contributed by atoms with Crippen molar-refractivity contribution in [1.82, 2.24) is 31.0 Å². The predicted octanol–water partition coefficient (Wildman–Crippen LogP) is 1.97. The molecule has 1 fully saturated rings. The quantitative estimate of drug-likeness (QED) is 0.204. The van der Waals surface area contributed by atoms with Crippen LogP contribution in [0.5, 0.6) is 0 Å². The molecule has 2 atom stereocenters. The highest BCUT2D eigenvalue weighted by Crippen LogP contribution is 2.27. The number of nitrogens with zero attached hydrogens (tertiary/aromatic N) is 3. The van der Waals surface area contributed by atoms with Gasteiger partial charge in [0.2, 0.25) is 5.91 Å². The highest BCUT2D eigenvalue weighted by Gasteiger charge is 2.25. The molecule has 1 aromatic heterocycles. The number of nitrogens with one attached hydrogen (secondary N) is 4. The van der Waals surface area contributed by atoms with Gasteiger partial charge in [0, 0.05) is 56.6 Å². The van der Waals surface area contributed by atoms with Gasteiger partial charge in [-0.25, -0.2) is 8.42 Å². The number of carbonyl (C=O) groups is 3. The fraction of sp³-hybridized carbons (Fsp3) is 0.400. The molecule has 1 saturated carbocycles. The van der Waals surface area contributed by atoms with Crippen LogP contribution in [-0.2, 0) is 21.9 Å². The Balaban J connectivity index is 1.49. The molecule has 1 aliphatic carbocycles. The van der Waals surface area contributed by atoms with Crippen molar-refractivity contribution in [2.75, 3.05) is 31.0 Å². The molecule has 0 radical (unpaired) electrons. The molecule has 12 nitrogen and oxygen atoms in total. The second kappa shape index (κ2) is 13.8. The Morgan fingerprint density at radius 1 is 1.00 bits per heavy atom. The lowest BCUT2D eigenvalue weighted by Crippen LogP contribution is -2.45. The van der Waals surface area contributed by atoms with Crippen LogP contribution in [0, 0.1) is 5.92 Å². The molecule has 3 aromatic rings. The number of hydrogen-bond donors (Lipinski definition) is 4. The van der Waals surface area contributed by atoms with Crippen molar-refractivity contribution in [1.29, 1.82) is 0 Å². The summed E-state index contributed by atoms with van der Waals surface area (Å²) in [5.41, 5.74) is 1.17. The third-order valence-corrected chi connectivity index (χ3v) is 9.10. The van der Waals surface area contributed by atoms with E-state index in [1.165, 1.54) is 37.4 Å². The van der Waals surface area contributed by atoms with Crippen LogP contribution in [0.4, 0.5) is 5.69 Å². The van der Waals surface area contributed by atoms with Crippen molar-refractivity contribution in [3.05, 3.63) is 77.6 Å². The lowest BCUT2D eigenvalue weighted by molar-refractivity contribution is -0.122. The topological polar surface area (TPSA) is 155 Å². The molecule has 2 aromatic carbocycles. The predicted molar refractivity (Wildman–Crippen MR) is 163 cm³/mol. The number of carbonyl (C=O) groups excluding carboxylic acids is 3. The van der Waals surface area contributed by atoms with Gasteiger partial charge in [-0.3, -0.25) is 23.4 Å². The van der Waals surface area contributed by atoms with E-state index in [9.17, 15) is 22.8 Å². The maximum atomic E-state index is 13.4. The second-order valence-electron chi connectivity index (χ2n) is 10.8. The van der Waals surface area contributed by atoms with Crippen molar-refractivity contribution < 1.29 is 22.8 Å². The van der Waals surface area contributed by atoms with E-state index in [2.05, 4.69) is 26.4 Å². The molecule has 230 valence electrons. The molecule has 43 heavy (non-hydrogen) atoms. The lowest BCUT2D eigenvalue weighted by Gasteiger charge is -2.21. The van der Waals surface area contributed by atoms with E-state index < -0.39 is 27.9 Å². The number of amides is 3. The van der Waals surface area contributed by atoms with Crippen LogP contribution in [-0.4, -0.2) is 68.6 Å². The van der Waals surface area contributed by atoms with Crippen molar-refractivity contribution in [2.24, 2.45) is 13.0 Å². The molecular formula is C30H39N7O5S. The van der Waals surface area contributed by atoms with Gasteiger partial charge in [-0.15, -0.1) is 0 Å². The molecular weight excluding hydrogens is 570 g/mol. The van der Waals surface area contributed by atoms with Gasteiger partial charge in [0.1, 0.15) is 0 Å². The molecule has 0 aliphatic heterocycles. The van der Waals surface area contributed by atoms with Gasteiger partial charge in [0.05, 0.1) is 28.9 Å². The number of rotatable bonds is 14. The summed E-state index contributed by atoms with van der Waals surface area (Å²) in [6, 6.07) is 11.4. The SMILES string of the molecule is CC(NC(=O)c1cc(C(=O)NCCN[C@@H](C)C(=O)NCC2CC2)cc(N(C)S(=O)(=O)c2ccccc2)c1)c1cnn(C)c1. The number of benzene rings is 2. The monoisotopic (exact) mass is 609 g/mol.